The van der Waals surface area contributed by atoms with Gasteiger partial charge in [-0.1, -0.05) is 6.92 Å². The fourth-order valence-corrected chi connectivity index (χ4v) is 3.41. The molecule has 0 atom stereocenters. The van der Waals surface area contributed by atoms with Gasteiger partial charge in [-0.15, -0.1) is 11.3 Å². The summed E-state index contributed by atoms with van der Waals surface area (Å²) in [7, 11) is 2.94. The van der Waals surface area contributed by atoms with Gasteiger partial charge in [-0.25, -0.2) is 9.59 Å². The predicted octanol–water partition coefficient (Wildman–Crippen LogP) is 3.30. The molecule has 0 unspecified atom stereocenters. The molecule has 9 heteroatoms. The number of rotatable bonds is 9. The van der Waals surface area contributed by atoms with Crippen LogP contribution < -0.4 is 14.8 Å². The van der Waals surface area contributed by atoms with Crippen molar-refractivity contribution in [3.8, 4) is 11.5 Å². The van der Waals surface area contributed by atoms with Crippen LogP contribution in [0.5, 0.6) is 11.5 Å². The minimum atomic E-state index is -0.688. The second kappa shape index (κ2) is 10.5. The molecule has 0 aliphatic rings. The maximum absolute atomic E-state index is 12.2. The number of ether oxygens (including phenoxy) is 4. The molecule has 156 valence electrons. The smallest absolute Gasteiger partial charge is 0.341 e. The molecule has 0 radical (unpaired) electrons. The molecule has 1 amide bonds. The summed E-state index contributed by atoms with van der Waals surface area (Å²) in [6.45, 7) is 3.37. The number of hydrogen-bond acceptors (Lipinski definition) is 8. The van der Waals surface area contributed by atoms with Crippen LogP contribution in [0.4, 0.5) is 5.00 Å². The number of hydrogen-bond donors (Lipinski definition) is 1. The quantitative estimate of drug-likeness (QED) is 0.620. The van der Waals surface area contributed by atoms with E-state index < -0.39 is 24.5 Å². The minimum Gasteiger partial charge on any atom is -0.493 e. The molecule has 2 aromatic rings. The van der Waals surface area contributed by atoms with Crippen LogP contribution in [-0.2, 0) is 20.7 Å². The lowest BCUT2D eigenvalue weighted by Gasteiger charge is -2.10. The van der Waals surface area contributed by atoms with Crippen molar-refractivity contribution in [1.29, 1.82) is 0 Å². The molecule has 0 bridgehead atoms. The van der Waals surface area contributed by atoms with Gasteiger partial charge < -0.3 is 24.3 Å². The average molecular weight is 421 g/mol. The number of benzene rings is 1. The molecule has 1 aromatic heterocycles. The second-order valence-corrected chi connectivity index (χ2v) is 6.86. The molecule has 0 saturated carbocycles. The van der Waals surface area contributed by atoms with Crippen LogP contribution >= 0.6 is 11.3 Å². The van der Waals surface area contributed by atoms with Gasteiger partial charge in [-0.3, -0.25) is 4.79 Å². The Kier molecular flexibility index (Phi) is 8.02. The van der Waals surface area contributed by atoms with E-state index in [1.807, 2.05) is 6.92 Å². The largest absolute Gasteiger partial charge is 0.493 e. The maximum Gasteiger partial charge on any atom is 0.341 e. The van der Waals surface area contributed by atoms with Gasteiger partial charge in [0.1, 0.15) is 5.00 Å². The van der Waals surface area contributed by atoms with E-state index in [0.717, 1.165) is 4.88 Å². The molecular formula is C20H23NO7S. The highest BCUT2D eigenvalue weighted by Crippen LogP contribution is 2.30. The molecule has 8 nitrogen and oxygen atoms in total. The minimum absolute atomic E-state index is 0.215. The molecule has 29 heavy (non-hydrogen) atoms. The van der Waals surface area contributed by atoms with Crippen molar-refractivity contribution in [3.63, 3.8) is 0 Å². The van der Waals surface area contributed by atoms with Crippen molar-refractivity contribution in [2.24, 2.45) is 0 Å². The van der Waals surface area contributed by atoms with Gasteiger partial charge in [-0.2, -0.15) is 0 Å². The third-order valence-corrected chi connectivity index (χ3v) is 5.03. The van der Waals surface area contributed by atoms with Gasteiger partial charge >= 0.3 is 11.9 Å². The Morgan fingerprint density at radius 1 is 0.966 bits per heavy atom. The van der Waals surface area contributed by atoms with Crippen LogP contribution in [-0.4, -0.2) is 45.3 Å². The van der Waals surface area contributed by atoms with Gasteiger partial charge in [0, 0.05) is 4.88 Å². The van der Waals surface area contributed by atoms with E-state index in [-0.39, 0.29) is 17.7 Å². The van der Waals surface area contributed by atoms with Crippen LogP contribution in [0.25, 0.3) is 0 Å². The molecular weight excluding hydrogens is 398 g/mol. The van der Waals surface area contributed by atoms with E-state index in [2.05, 4.69) is 5.32 Å². The van der Waals surface area contributed by atoms with Crippen LogP contribution in [0.2, 0.25) is 0 Å². The molecule has 0 spiro atoms. The first kappa shape index (κ1) is 22.2. The Morgan fingerprint density at radius 2 is 1.69 bits per heavy atom. The topological polar surface area (TPSA) is 100 Å². The van der Waals surface area contributed by atoms with Crippen LogP contribution in [0.3, 0.4) is 0 Å². The summed E-state index contributed by atoms with van der Waals surface area (Å²) in [6, 6.07) is 6.23. The Morgan fingerprint density at radius 3 is 2.31 bits per heavy atom. The van der Waals surface area contributed by atoms with Gasteiger partial charge in [-0.05, 0) is 37.6 Å². The molecule has 0 aliphatic heterocycles. The highest BCUT2D eigenvalue weighted by Gasteiger charge is 2.20. The SMILES string of the molecule is CCOC(=O)c1cc(CC)sc1NC(=O)COC(=O)c1ccc(OC)c(OC)c1. The van der Waals surface area contributed by atoms with E-state index >= 15 is 0 Å². The first-order valence-corrected chi connectivity index (χ1v) is 9.73. The third-order valence-electron chi connectivity index (χ3n) is 3.83. The van der Waals surface area contributed by atoms with Crippen molar-refractivity contribution in [2.45, 2.75) is 20.3 Å². The van der Waals surface area contributed by atoms with Crippen molar-refractivity contribution in [3.05, 3.63) is 40.3 Å². The second-order valence-electron chi connectivity index (χ2n) is 5.72. The van der Waals surface area contributed by atoms with Crippen LogP contribution in [0.1, 0.15) is 39.4 Å². The Bertz CT molecular complexity index is 891. The number of methoxy groups -OCH3 is 2. The Hall–Kier alpha value is -3.07. The van der Waals surface area contributed by atoms with Crippen molar-refractivity contribution in [2.75, 3.05) is 32.8 Å². The van der Waals surface area contributed by atoms with Gasteiger partial charge in [0.05, 0.1) is 32.0 Å². The number of esters is 2. The Labute approximate surface area is 172 Å². The van der Waals surface area contributed by atoms with Crippen LogP contribution in [0, 0.1) is 0 Å². The summed E-state index contributed by atoms with van der Waals surface area (Å²) in [5.41, 5.74) is 0.500. The summed E-state index contributed by atoms with van der Waals surface area (Å²) in [6.07, 6.45) is 0.710. The van der Waals surface area contributed by atoms with Crippen LogP contribution in [0.15, 0.2) is 24.3 Å². The molecule has 2 rings (SSSR count). The van der Waals surface area contributed by atoms with Crippen molar-refractivity contribution < 1.29 is 33.3 Å². The molecule has 0 fully saturated rings. The summed E-state index contributed by atoms with van der Waals surface area (Å²) in [4.78, 5) is 37.4. The number of thiophene rings is 1. The zero-order valence-electron chi connectivity index (χ0n) is 16.7. The average Bonchev–Trinajstić information content (AvgIpc) is 3.14. The number of carbonyl (C=O) groups is 3. The van der Waals surface area contributed by atoms with E-state index in [9.17, 15) is 14.4 Å². The molecule has 1 N–H and O–H groups in total. The summed E-state index contributed by atoms with van der Waals surface area (Å²) >= 11 is 1.28. The predicted molar refractivity (Wildman–Crippen MR) is 108 cm³/mol. The first-order chi connectivity index (χ1) is 13.9. The fourth-order valence-electron chi connectivity index (χ4n) is 2.41. The van der Waals surface area contributed by atoms with Crippen molar-refractivity contribution in [1.82, 2.24) is 0 Å². The number of nitrogens with one attached hydrogen (secondary N) is 1. The highest BCUT2D eigenvalue weighted by atomic mass is 32.1. The number of carbonyl (C=O) groups excluding carboxylic acids is 3. The molecule has 0 saturated heterocycles. The standard InChI is InChI=1S/C20H23NO7S/c1-5-13-10-14(20(24)27-6-2)18(29-13)21-17(22)11-28-19(23)12-7-8-15(25-3)16(9-12)26-4/h7-10H,5-6,11H2,1-4H3,(H,21,22). The van der Waals surface area contributed by atoms with Crippen molar-refractivity contribution >= 4 is 34.2 Å². The van der Waals surface area contributed by atoms with E-state index in [1.54, 1.807) is 19.1 Å². The normalized spacial score (nSPS) is 10.2. The Balaban J connectivity index is 2.02. The lowest BCUT2D eigenvalue weighted by molar-refractivity contribution is -0.119. The lowest BCUT2D eigenvalue weighted by atomic mass is 10.2. The zero-order chi connectivity index (χ0) is 21.4. The number of anilines is 1. The highest BCUT2D eigenvalue weighted by molar-refractivity contribution is 7.16. The molecule has 1 aromatic carbocycles. The molecule has 0 aliphatic carbocycles. The summed E-state index contributed by atoms with van der Waals surface area (Å²) in [5, 5.41) is 2.98. The van der Waals surface area contributed by atoms with E-state index in [4.69, 9.17) is 18.9 Å². The van der Waals surface area contributed by atoms with Gasteiger partial charge in [0.25, 0.3) is 5.91 Å². The third kappa shape index (κ3) is 5.71. The number of amides is 1. The van der Waals surface area contributed by atoms with Gasteiger partial charge in [0.15, 0.2) is 18.1 Å². The monoisotopic (exact) mass is 421 g/mol. The summed E-state index contributed by atoms with van der Waals surface area (Å²) in [5.74, 6) is -0.920. The first-order valence-electron chi connectivity index (χ1n) is 8.92. The summed E-state index contributed by atoms with van der Waals surface area (Å²) < 4.78 is 20.3. The molecule has 1 heterocycles. The van der Waals surface area contributed by atoms with E-state index in [0.29, 0.717) is 22.9 Å². The lowest BCUT2D eigenvalue weighted by Crippen LogP contribution is -2.21. The van der Waals surface area contributed by atoms with Gasteiger partial charge in [0.2, 0.25) is 0 Å². The zero-order valence-corrected chi connectivity index (χ0v) is 17.5. The number of aryl methyl sites for hydroxylation is 1. The maximum atomic E-state index is 12.2. The van der Waals surface area contributed by atoms with E-state index in [1.165, 1.54) is 37.7 Å². The fraction of sp³-hybridized carbons (Fsp3) is 0.350.